The second-order valence-corrected chi connectivity index (χ2v) is 12.6. The van der Waals surface area contributed by atoms with Gasteiger partial charge in [-0.15, -0.1) is 0 Å². The van der Waals surface area contributed by atoms with E-state index in [0.717, 1.165) is 30.3 Å². The monoisotopic (exact) mass is 580 g/mol. The van der Waals surface area contributed by atoms with Crippen LogP contribution in [0.2, 0.25) is 5.02 Å². The number of anilines is 1. The first-order chi connectivity index (χ1) is 18.4. The molecule has 2 aromatic carbocycles. The Labute approximate surface area is 227 Å². The number of carbonyl (C=O) groups is 1. The minimum atomic E-state index is -4.10. The summed E-state index contributed by atoms with van der Waals surface area (Å²) < 4.78 is 67.8. The van der Waals surface area contributed by atoms with Crippen molar-refractivity contribution in [2.24, 2.45) is 11.8 Å². The average Bonchev–Trinajstić information content (AvgIpc) is 3.05. The van der Waals surface area contributed by atoms with Crippen molar-refractivity contribution in [1.82, 2.24) is 4.98 Å². The zero-order chi connectivity index (χ0) is 28.1. The summed E-state index contributed by atoms with van der Waals surface area (Å²) in [4.78, 5) is 16.2. The molecule has 7 nitrogen and oxygen atoms in total. The third-order valence-corrected chi connectivity index (χ3v) is 10.5. The van der Waals surface area contributed by atoms with Gasteiger partial charge in [0.25, 0.3) is 5.91 Å². The predicted molar refractivity (Wildman–Crippen MR) is 136 cm³/mol. The zero-order valence-electron chi connectivity index (χ0n) is 20.3. The van der Waals surface area contributed by atoms with Crippen LogP contribution in [0, 0.1) is 29.4 Å². The van der Waals surface area contributed by atoms with Crippen LogP contribution in [0.25, 0.3) is 0 Å². The molecule has 206 valence electrons. The SMILES string of the molecule is O=C(Nc1ccc(F)c(F)c1)c1ccc(Cl)c(S(=O)(=O)[C@@H]2C[C@H]3CC[C@@H](C2)[C@@]3(O)[C@@H](O)c2cccc(F)n2)c1. The van der Waals surface area contributed by atoms with Gasteiger partial charge in [0.1, 0.15) is 11.7 Å². The maximum Gasteiger partial charge on any atom is 0.255 e. The van der Waals surface area contributed by atoms with E-state index in [0.29, 0.717) is 12.8 Å². The van der Waals surface area contributed by atoms with Crippen LogP contribution in [-0.4, -0.2) is 40.4 Å². The lowest BCUT2D eigenvalue weighted by Gasteiger charge is -2.45. The van der Waals surface area contributed by atoms with Crippen LogP contribution < -0.4 is 5.32 Å². The van der Waals surface area contributed by atoms with Crippen LogP contribution in [0.1, 0.15) is 47.8 Å². The molecule has 0 saturated heterocycles. The molecular weight excluding hydrogens is 557 g/mol. The molecule has 12 heteroatoms. The third kappa shape index (κ3) is 4.93. The van der Waals surface area contributed by atoms with E-state index in [9.17, 15) is 36.6 Å². The number of aliphatic hydroxyl groups excluding tert-OH is 1. The smallest absolute Gasteiger partial charge is 0.255 e. The van der Waals surface area contributed by atoms with Crippen molar-refractivity contribution in [1.29, 1.82) is 0 Å². The summed E-state index contributed by atoms with van der Waals surface area (Å²) in [6.07, 6.45) is -0.540. The molecule has 1 heterocycles. The quantitative estimate of drug-likeness (QED) is 0.360. The van der Waals surface area contributed by atoms with Gasteiger partial charge in [-0.3, -0.25) is 4.79 Å². The normalized spacial score (nSPS) is 25.3. The molecule has 39 heavy (non-hydrogen) atoms. The molecule has 3 N–H and O–H groups in total. The van der Waals surface area contributed by atoms with Crippen LogP contribution >= 0.6 is 11.6 Å². The topological polar surface area (TPSA) is 117 Å². The molecular formula is C27H24ClF3N2O5S. The molecule has 0 aliphatic heterocycles. The summed E-state index contributed by atoms with van der Waals surface area (Å²) in [6, 6.07) is 10.4. The van der Waals surface area contributed by atoms with Gasteiger partial charge in [0, 0.05) is 17.3 Å². The van der Waals surface area contributed by atoms with Crippen molar-refractivity contribution in [2.45, 2.75) is 47.5 Å². The lowest BCUT2D eigenvalue weighted by atomic mass is 9.70. The maximum absolute atomic E-state index is 13.7. The van der Waals surface area contributed by atoms with Crippen molar-refractivity contribution in [3.05, 3.63) is 88.5 Å². The fraction of sp³-hybridized carbons (Fsp3) is 0.333. The first-order valence-corrected chi connectivity index (χ1v) is 14.2. The highest BCUT2D eigenvalue weighted by Gasteiger charge is 2.59. The number of fused-ring (bicyclic) bond motifs is 2. The number of sulfone groups is 1. The Kier molecular flexibility index (Phi) is 7.21. The molecule has 3 aromatic rings. The van der Waals surface area contributed by atoms with Gasteiger partial charge in [-0.2, -0.15) is 4.39 Å². The minimum absolute atomic E-state index is 0.0172. The number of pyridine rings is 1. The average molecular weight is 581 g/mol. The van der Waals surface area contributed by atoms with Gasteiger partial charge in [-0.05, 0) is 80.0 Å². The van der Waals surface area contributed by atoms with E-state index in [1.54, 1.807) is 0 Å². The summed E-state index contributed by atoms with van der Waals surface area (Å²) in [5.74, 6) is -5.00. The number of nitrogens with one attached hydrogen (secondary N) is 1. The summed E-state index contributed by atoms with van der Waals surface area (Å²) in [6.45, 7) is 0. The number of nitrogens with zero attached hydrogens (tertiary/aromatic N) is 1. The standard InChI is InChI=1S/C27H24ClF3N2O5S/c28-19-8-4-14(26(35)32-17-7-9-20(29)21(30)13-17)10-23(19)39(37,38)18-11-15-5-6-16(12-18)27(15,36)25(34)22-2-1-3-24(31)33-22/h1-4,7-10,13,15-16,18,25,34,36H,5-6,11-12H2,(H,32,35)/t15-,16+,18-,25-,27-/m0/s1. The number of aliphatic hydroxyl groups is 2. The maximum atomic E-state index is 13.7. The Morgan fingerprint density at radius 1 is 1.03 bits per heavy atom. The van der Waals surface area contributed by atoms with Crippen molar-refractivity contribution >= 4 is 33.0 Å². The lowest BCUT2D eigenvalue weighted by molar-refractivity contribution is -0.146. The summed E-state index contributed by atoms with van der Waals surface area (Å²) >= 11 is 6.26. The van der Waals surface area contributed by atoms with Gasteiger partial charge >= 0.3 is 0 Å². The minimum Gasteiger partial charge on any atom is -0.386 e. The van der Waals surface area contributed by atoms with Gasteiger partial charge in [0.15, 0.2) is 21.5 Å². The largest absolute Gasteiger partial charge is 0.386 e. The number of hydrogen-bond acceptors (Lipinski definition) is 6. The number of carbonyl (C=O) groups excluding carboxylic acids is 1. The highest BCUT2D eigenvalue weighted by Crippen LogP contribution is 2.56. The van der Waals surface area contributed by atoms with Gasteiger partial charge in [-0.25, -0.2) is 22.2 Å². The van der Waals surface area contributed by atoms with Gasteiger partial charge in [0.2, 0.25) is 5.95 Å². The van der Waals surface area contributed by atoms with Crippen LogP contribution in [0.15, 0.2) is 59.5 Å². The van der Waals surface area contributed by atoms with E-state index in [-0.39, 0.29) is 39.7 Å². The van der Waals surface area contributed by atoms with Gasteiger partial charge < -0.3 is 15.5 Å². The Bertz CT molecular complexity index is 1540. The van der Waals surface area contributed by atoms with Crippen molar-refractivity contribution in [3.8, 4) is 0 Å². The Morgan fingerprint density at radius 2 is 1.72 bits per heavy atom. The van der Waals surface area contributed by atoms with E-state index in [1.807, 2.05) is 0 Å². The molecule has 1 amide bonds. The lowest BCUT2D eigenvalue weighted by Crippen LogP contribution is -2.52. The number of benzene rings is 2. The first-order valence-electron chi connectivity index (χ1n) is 12.2. The second kappa shape index (κ2) is 10.2. The number of rotatable bonds is 6. The van der Waals surface area contributed by atoms with Gasteiger partial charge in [0.05, 0.1) is 20.9 Å². The highest BCUT2D eigenvalue weighted by molar-refractivity contribution is 7.92. The third-order valence-electron chi connectivity index (χ3n) is 7.84. The summed E-state index contributed by atoms with van der Waals surface area (Å²) in [5.41, 5.74) is -1.79. The van der Waals surface area contributed by atoms with E-state index >= 15 is 0 Å². The fourth-order valence-electron chi connectivity index (χ4n) is 5.87. The number of aromatic nitrogens is 1. The number of halogens is 4. The molecule has 5 atom stereocenters. The molecule has 2 bridgehead atoms. The zero-order valence-corrected chi connectivity index (χ0v) is 21.9. The first kappa shape index (κ1) is 27.6. The number of hydrogen-bond donors (Lipinski definition) is 3. The molecule has 2 aliphatic carbocycles. The molecule has 0 unspecified atom stereocenters. The number of amides is 1. The Balaban J connectivity index is 1.39. The van der Waals surface area contributed by atoms with E-state index in [1.165, 1.54) is 24.3 Å². The van der Waals surface area contributed by atoms with Crippen LogP contribution in [0.3, 0.4) is 0 Å². The van der Waals surface area contributed by atoms with Crippen LogP contribution in [0.4, 0.5) is 18.9 Å². The van der Waals surface area contributed by atoms with Crippen LogP contribution in [0.5, 0.6) is 0 Å². The molecule has 5 rings (SSSR count). The molecule has 0 radical (unpaired) electrons. The molecule has 2 saturated carbocycles. The molecule has 2 fully saturated rings. The van der Waals surface area contributed by atoms with Gasteiger partial charge in [-0.1, -0.05) is 17.7 Å². The summed E-state index contributed by atoms with van der Waals surface area (Å²) in [5, 5.41) is 23.9. The van der Waals surface area contributed by atoms with Crippen molar-refractivity contribution in [2.75, 3.05) is 5.32 Å². The Hall–Kier alpha value is -2.99. The highest BCUT2D eigenvalue weighted by atomic mass is 35.5. The Morgan fingerprint density at radius 3 is 2.36 bits per heavy atom. The molecule has 2 aliphatic rings. The second-order valence-electron chi connectivity index (χ2n) is 10.0. The summed E-state index contributed by atoms with van der Waals surface area (Å²) in [7, 11) is -4.10. The van der Waals surface area contributed by atoms with Crippen molar-refractivity contribution in [3.63, 3.8) is 0 Å². The molecule has 1 aromatic heterocycles. The van der Waals surface area contributed by atoms with Crippen LogP contribution in [-0.2, 0) is 9.84 Å². The molecule has 0 spiro atoms. The predicted octanol–water partition coefficient (Wildman–Crippen LogP) is 4.83. The van der Waals surface area contributed by atoms with E-state index < -0.39 is 62.1 Å². The van der Waals surface area contributed by atoms with E-state index in [2.05, 4.69) is 10.3 Å². The van der Waals surface area contributed by atoms with Crippen molar-refractivity contribution < 1.29 is 36.6 Å². The van der Waals surface area contributed by atoms with E-state index in [4.69, 9.17) is 11.6 Å². The fourth-order valence-corrected chi connectivity index (χ4v) is 8.28.